The van der Waals surface area contributed by atoms with Crippen LogP contribution in [0.5, 0.6) is 0 Å². The summed E-state index contributed by atoms with van der Waals surface area (Å²) in [5.74, 6) is -0.120. The first-order valence-electron chi connectivity index (χ1n) is 10.4. The molecule has 2 N–H and O–H groups in total. The second-order valence-electron chi connectivity index (χ2n) is 7.89. The minimum absolute atomic E-state index is 0.257. The van der Waals surface area contributed by atoms with Crippen LogP contribution in [0.2, 0.25) is 0 Å². The van der Waals surface area contributed by atoms with Gasteiger partial charge in [-0.1, -0.05) is 36.4 Å². The van der Waals surface area contributed by atoms with E-state index in [1.54, 1.807) is 10.5 Å². The molecule has 2 aromatic heterocycles. The smallest absolute Gasteiger partial charge is 0.206 e. The first-order chi connectivity index (χ1) is 14.7. The molecule has 0 atom stereocenters. The minimum Gasteiger partial charge on any atom is -0.369 e. The lowest BCUT2D eigenvalue weighted by atomic mass is 10.1. The van der Waals surface area contributed by atoms with Crippen LogP contribution in [0.25, 0.3) is 16.6 Å². The summed E-state index contributed by atoms with van der Waals surface area (Å²) in [7, 11) is 0. The topological polar surface area (TPSA) is 62.7 Å². The Bertz CT molecular complexity index is 1160. The number of nitrogen functional groups attached to an aromatic ring is 1. The van der Waals surface area contributed by atoms with Crippen molar-refractivity contribution in [2.24, 2.45) is 0 Å². The van der Waals surface area contributed by atoms with Gasteiger partial charge in [-0.25, -0.2) is 14.4 Å². The van der Waals surface area contributed by atoms with Crippen molar-refractivity contribution in [3.63, 3.8) is 0 Å². The third kappa shape index (κ3) is 3.74. The molecule has 1 fully saturated rings. The van der Waals surface area contributed by atoms with Crippen LogP contribution in [0, 0.1) is 5.82 Å². The van der Waals surface area contributed by atoms with Crippen molar-refractivity contribution in [2.45, 2.75) is 13.0 Å². The SMILES string of the molecule is Nc1nc2c(F)cccc2c2nc(CN3CCN(CCc4ccccc4)CC3)cn12. The predicted octanol–water partition coefficient (Wildman–Crippen LogP) is 2.96. The highest BCUT2D eigenvalue weighted by molar-refractivity contribution is 5.92. The van der Waals surface area contributed by atoms with E-state index in [1.165, 1.54) is 11.6 Å². The van der Waals surface area contributed by atoms with Crippen LogP contribution in [-0.2, 0) is 13.0 Å². The van der Waals surface area contributed by atoms with Gasteiger partial charge in [0.15, 0.2) is 0 Å². The lowest BCUT2D eigenvalue weighted by Crippen LogP contribution is -2.46. The summed E-state index contributed by atoms with van der Waals surface area (Å²) in [6, 6.07) is 15.5. The number of fused-ring (bicyclic) bond motifs is 3. The van der Waals surface area contributed by atoms with E-state index in [2.05, 4.69) is 45.1 Å². The van der Waals surface area contributed by atoms with E-state index in [0.29, 0.717) is 11.0 Å². The van der Waals surface area contributed by atoms with Crippen LogP contribution >= 0.6 is 0 Å². The van der Waals surface area contributed by atoms with Gasteiger partial charge in [-0.3, -0.25) is 9.30 Å². The largest absolute Gasteiger partial charge is 0.369 e. The summed E-state index contributed by atoms with van der Waals surface area (Å²) in [5.41, 5.74) is 9.31. The van der Waals surface area contributed by atoms with Crippen molar-refractivity contribution >= 4 is 22.5 Å². The first-order valence-corrected chi connectivity index (χ1v) is 10.4. The van der Waals surface area contributed by atoms with E-state index in [-0.39, 0.29) is 17.3 Å². The number of aromatic nitrogens is 3. The van der Waals surface area contributed by atoms with Crippen LogP contribution in [0.1, 0.15) is 11.3 Å². The fourth-order valence-corrected chi connectivity index (χ4v) is 4.18. The average Bonchev–Trinajstić information content (AvgIpc) is 3.20. The minimum atomic E-state index is -0.377. The quantitative estimate of drug-likeness (QED) is 0.554. The molecule has 0 amide bonds. The van der Waals surface area contributed by atoms with Crippen molar-refractivity contribution in [2.75, 3.05) is 38.5 Å². The number of rotatable bonds is 5. The molecule has 0 saturated carbocycles. The van der Waals surface area contributed by atoms with Gasteiger partial charge in [0.05, 0.1) is 5.69 Å². The van der Waals surface area contributed by atoms with Gasteiger partial charge < -0.3 is 10.6 Å². The zero-order chi connectivity index (χ0) is 20.5. The highest BCUT2D eigenvalue weighted by atomic mass is 19.1. The summed E-state index contributed by atoms with van der Waals surface area (Å²) < 4.78 is 15.9. The molecule has 5 rings (SSSR count). The van der Waals surface area contributed by atoms with Crippen molar-refractivity contribution < 1.29 is 4.39 Å². The maximum Gasteiger partial charge on any atom is 0.206 e. The number of piperazine rings is 1. The molecule has 0 bridgehead atoms. The molecular weight excluding hydrogens is 379 g/mol. The Hall–Kier alpha value is -3.03. The van der Waals surface area contributed by atoms with Crippen molar-refractivity contribution in [1.29, 1.82) is 0 Å². The molecule has 2 aromatic carbocycles. The van der Waals surface area contributed by atoms with Gasteiger partial charge in [-0.2, -0.15) is 0 Å². The van der Waals surface area contributed by atoms with Gasteiger partial charge in [0, 0.05) is 50.9 Å². The van der Waals surface area contributed by atoms with E-state index in [1.807, 2.05) is 12.3 Å². The molecule has 6 nitrogen and oxygen atoms in total. The van der Waals surface area contributed by atoms with E-state index < -0.39 is 0 Å². The van der Waals surface area contributed by atoms with E-state index in [4.69, 9.17) is 10.7 Å². The van der Waals surface area contributed by atoms with Gasteiger partial charge in [-0.15, -0.1) is 0 Å². The van der Waals surface area contributed by atoms with E-state index >= 15 is 0 Å². The molecule has 30 heavy (non-hydrogen) atoms. The Morgan fingerprint density at radius 2 is 1.67 bits per heavy atom. The highest BCUT2D eigenvalue weighted by Gasteiger charge is 2.19. The summed E-state index contributed by atoms with van der Waals surface area (Å²) in [6.07, 6.45) is 3.01. The van der Waals surface area contributed by atoms with Crippen LogP contribution in [0.15, 0.2) is 54.7 Å². The molecule has 4 aromatic rings. The lowest BCUT2D eigenvalue weighted by Gasteiger charge is -2.34. The number of nitrogens with two attached hydrogens (primary N) is 1. The number of anilines is 1. The normalized spacial score (nSPS) is 15.9. The number of halogens is 1. The van der Waals surface area contributed by atoms with E-state index in [9.17, 15) is 4.39 Å². The maximum absolute atomic E-state index is 14.1. The lowest BCUT2D eigenvalue weighted by molar-refractivity contribution is 0.127. The Morgan fingerprint density at radius 3 is 2.47 bits per heavy atom. The third-order valence-corrected chi connectivity index (χ3v) is 5.87. The molecular formula is C23H25FN6. The van der Waals surface area contributed by atoms with Crippen molar-refractivity contribution in [3.8, 4) is 0 Å². The van der Waals surface area contributed by atoms with Gasteiger partial charge in [0.2, 0.25) is 5.95 Å². The summed E-state index contributed by atoms with van der Waals surface area (Å²) in [4.78, 5) is 13.9. The Kier molecular flexibility index (Phi) is 5.06. The van der Waals surface area contributed by atoms with Crippen molar-refractivity contribution in [3.05, 3.63) is 71.8 Å². The standard InChI is InChI=1S/C23H25FN6/c24-20-8-4-7-19-21(20)27-23(25)30-16-18(26-22(19)30)15-29-13-11-28(12-14-29)10-9-17-5-2-1-3-6-17/h1-8,16H,9-15H2,(H2,25,27). The molecule has 0 spiro atoms. The molecule has 0 unspecified atom stereocenters. The van der Waals surface area contributed by atoms with Crippen LogP contribution in [0.3, 0.4) is 0 Å². The Labute approximate surface area is 174 Å². The average molecular weight is 404 g/mol. The maximum atomic E-state index is 14.1. The number of hydrogen-bond donors (Lipinski definition) is 1. The fraction of sp³-hybridized carbons (Fsp3) is 0.304. The van der Waals surface area contributed by atoms with E-state index in [0.717, 1.165) is 51.4 Å². The number of para-hydroxylation sites is 1. The molecule has 1 saturated heterocycles. The molecule has 1 aliphatic heterocycles. The predicted molar refractivity (Wildman–Crippen MR) is 117 cm³/mol. The molecule has 1 aliphatic rings. The molecule has 7 heteroatoms. The van der Waals surface area contributed by atoms with Crippen LogP contribution in [0.4, 0.5) is 10.3 Å². The number of hydrogen-bond acceptors (Lipinski definition) is 5. The molecule has 3 heterocycles. The van der Waals surface area contributed by atoms with Gasteiger partial charge in [-0.05, 0) is 24.1 Å². The number of nitrogens with zero attached hydrogens (tertiary/aromatic N) is 5. The monoisotopic (exact) mass is 404 g/mol. The zero-order valence-corrected chi connectivity index (χ0v) is 16.8. The number of benzene rings is 2. The zero-order valence-electron chi connectivity index (χ0n) is 16.8. The fourth-order valence-electron chi connectivity index (χ4n) is 4.18. The Balaban J connectivity index is 1.25. The summed E-state index contributed by atoms with van der Waals surface area (Å²) in [5, 5.41) is 0.682. The summed E-state index contributed by atoms with van der Waals surface area (Å²) >= 11 is 0. The number of imidazole rings is 1. The second-order valence-corrected chi connectivity index (χ2v) is 7.89. The first kappa shape index (κ1) is 19.0. The summed E-state index contributed by atoms with van der Waals surface area (Å²) in [6.45, 7) is 5.96. The molecule has 154 valence electrons. The Morgan fingerprint density at radius 1 is 0.900 bits per heavy atom. The highest BCUT2D eigenvalue weighted by Crippen LogP contribution is 2.23. The molecule has 0 aliphatic carbocycles. The molecule has 0 radical (unpaired) electrons. The van der Waals surface area contributed by atoms with Crippen LogP contribution in [-0.4, -0.2) is 56.9 Å². The second kappa shape index (κ2) is 8.01. The van der Waals surface area contributed by atoms with Crippen molar-refractivity contribution in [1.82, 2.24) is 24.2 Å². The van der Waals surface area contributed by atoms with Crippen LogP contribution < -0.4 is 5.73 Å². The third-order valence-electron chi connectivity index (χ3n) is 5.87. The van der Waals surface area contributed by atoms with Gasteiger partial charge in [0.1, 0.15) is 17.0 Å². The van der Waals surface area contributed by atoms with Gasteiger partial charge >= 0.3 is 0 Å². The van der Waals surface area contributed by atoms with Gasteiger partial charge in [0.25, 0.3) is 0 Å².